The number of carbonyl (C=O) groups excluding carboxylic acids is 1. The number of rotatable bonds is 4. The highest BCUT2D eigenvalue weighted by atomic mass is 16.3. The zero-order valence-corrected chi connectivity index (χ0v) is 10.2. The lowest BCUT2D eigenvalue weighted by atomic mass is 10.2. The molecule has 1 amide bonds. The molecule has 1 heterocycles. The van der Waals surface area contributed by atoms with Gasteiger partial charge in [-0.2, -0.15) is 0 Å². The summed E-state index contributed by atoms with van der Waals surface area (Å²) in [4.78, 5) is 11.8. The van der Waals surface area contributed by atoms with Crippen LogP contribution in [0.25, 0.3) is 5.69 Å². The largest absolute Gasteiger partial charge is 0.394 e. The van der Waals surface area contributed by atoms with Crippen LogP contribution in [0.5, 0.6) is 0 Å². The fourth-order valence-corrected chi connectivity index (χ4v) is 1.64. The Balaban J connectivity index is 2.10. The van der Waals surface area contributed by atoms with Crippen molar-refractivity contribution >= 4 is 5.91 Å². The lowest BCUT2D eigenvalue weighted by molar-refractivity contribution is 0.0922. The zero-order valence-electron chi connectivity index (χ0n) is 10.2. The third kappa shape index (κ3) is 2.78. The molecule has 0 aliphatic heterocycles. The average molecular weight is 244 g/mol. The number of carbonyl (C=O) groups is 1. The number of hydrogen-bond donors (Lipinski definition) is 2. The Bertz CT molecular complexity index is 503. The van der Waals surface area contributed by atoms with E-state index in [1.165, 1.54) is 0 Å². The third-order valence-corrected chi connectivity index (χ3v) is 2.68. The number of hydrogen-bond acceptors (Lipinski definition) is 2. The molecular weight excluding hydrogens is 228 g/mol. The van der Waals surface area contributed by atoms with Crippen LogP contribution in [0.1, 0.15) is 17.3 Å². The van der Waals surface area contributed by atoms with Crippen LogP contribution in [0.4, 0.5) is 0 Å². The van der Waals surface area contributed by atoms with Crippen LogP contribution < -0.4 is 5.32 Å². The highest BCUT2D eigenvalue weighted by Crippen LogP contribution is 2.10. The predicted molar refractivity (Wildman–Crippen MR) is 69.8 cm³/mol. The molecule has 0 fully saturated rings. The summed E-state index contributed by atoms with van der Waals surface area (Å²) < 4.78 is 1.97. The molecule has 2 N–H and O–H groups in total. The number of nitrogens with zero attached hydrogens (tertiary/aromatic N) is 1. The van der Waals surface area contributed by atoms with E-state index in [1.807, 2.05) is 41.2 Å². The lowest BCUT2D eigenvalue weighted by Crippen LogP contribution is -2.34. The number of benzene rings is 1. The van der Waals surface area contributed by atoms with Gasteiger partial charge in [0, 0.05) is 29.7 Å². The van der Waals surface area contributed by atoms with Crippen molar-refractivity contribution in [1.82, 2.24) is 9.88 Å². The van der Waals surface area contributed by atoms with E-state index in [0.717, 1.165) is 5.69 Å². The maximum Gasteiger partial charge on any atom is 0.251 e. The van der Waals surface area contributed by atoms with Gasteiger partial charge in [-0.05, 0) is 43.3 Å². The lowest BCUT2D eigenvalue weighted by Gasteiger charge is -2.11. The molecule has 0 aliphatic rings. The molecule has 1 aromatic heterocycles. The number of nitrogens with one attached hydrogen (secondary N) is 1. The fraction of sp³-hybridized carbons (Fsp3) is 0.214. The number of amides is 1. The molecule has 0 saturated heterocycles. The van der Waals surface area contributed by atoms with Gasteiger partial charge in [-0.1, -0.05) is 0 Å². The van der Waals surface area contributed by atoms with Gasteiger partial charge in [-0.15, -0.1) is 0 Å². The van der Waals surface area contributed by atoms with E-state index >= 15 is 0 Å². The van der Waals surface area contributed by atoms with Gasteiger partial charge >= 0.3 is 0 Å². The second-order valence-corrected chi connectivity index (χ2v) is 4.19. The topological polar surface area (TPSA) is 54.3 Å². The van der Waals surface area contributed by atoms with Gasteiger partial charge in [0.15, 0.2) is 0 Å². The van der Waals surface area contributed by atoms with Gasteiger partial charge in [0.25, 0.3) is 5.91 Å². The SMILES string of the molecule is C[C@H](CO)NC(=O)c1ccc(-n2cccc2)cc1. The van der Waals surface area contributed by atoms with Gasteiger partial charge in [0.2, 0.25) is 0 Å². The highest BCUT2D eigenvalue weighted by Gasteiger charge is 2.08. The molecule has 94 valence electrons. The van der Waals surface area contributed by atoms with Crippen LogP contribution in [0, 0.1) is 0 Å². The fourth-order valence-electron chi connectivity index (χ4n) is 1.64. The van der Waals surface area contributed by atoms with E-state index < -0.39 is 0 Å². The van der Waals surface area contributed by atoms with Crippen LogP contribution in [0.3, 0.4) is 0 Å². The molecule has 0 saturated carbocycles. The van der Waals surface area contributed by atoms with Crippen LogP contribution in [-0.4, -0.2) is 28.2 Å². The quantitative estimate of drug-likeness (QED) is 0.858. The smallest absolute Gasteiger partial charge is 0.251 e. The van der Waals surface area contributed by atoms with Crippen LogP contribution >= 0.6 is 0 Å². The Kier molecular flexibility index (Phi) is 3.79. The molecule has 1 aromatic carbocycles. The Morgan fingerprint density at radius 1 is 1.28 bits per heavy atom. The molecule has 4 heteroatoms. The minimum absolute atomic E-state index is 0.0623. The van der Waals surface area contributed by atoms with Crippen LogP contribution in [-0.2, 0) is 0 Å². The first-order chi connectivity index (χ1) is 8.70. The first kappa shape index (κ1) is 12.4. The van der Waals surface area contributed by atoms with Crippen molar-refractivity contribution in [1.29, 1.82) is 0 Å². The highest BCUT2D eigenvalue weighted by molar-refractivity contribution is 5.94. The minimum atomic E-state index is -0.235. The number of aromatic nitrogens is 1. The van der Waals surface area contributed by atoms with E-state index in [2.05, 4.69) is 5.32 Å². The Hall–Kier alpha value is -2.07. The van der Waals surface area contributed by atoms with E-state index in [1.54, 1.807) is 19.1 Å². The molecule has 2 rings (SSSR count). The summed E-state index contributed by atoms with van der Waals surface area (Å²) in [5.74, 6) is -0.171. The molecule has 0 bridgehead atoms. The normalized spacial score (nSPS) is 12.1. The summed E-state index contributed by atoms with van der Waals surface area (Å²) in [6.45, 7) is 1.69. The second kappa shape index (κ2) is 5.51. The molecule has 2 aromatic rings. The summed E-state index contributed by atoms with van der Waals surface area (Å²) >= 11 is 0. The average Bonchev–Trinajstić information content (AvgIpc) is 2.92. The number of aliphatic hydroxyl groups is 1. The Morgan fingerprint density at radius 2 is 1.89 bits per heavy atom. The monoisotopic (exact) mass is 244 g/mol. The van der Waals surface area contributed by atoms with E-state index in [0.29, 0.717) is 5.56 Å². The van der Waals surface area contributed by atoms with Crippen molar-refractivity contribution < 1.29 is 9.90 Å². The molecule has 0 aliphatic carbocycles. The van der Waals surface area contributed by atoms with E-state index in [-0.39, 0.29) is 18.6 Å². The van der Waals surface area contributed by atoms with Gasteiger partial charge in [0.05, 0.1) is 6.61 Å². The maximum absolute atomic E-state index is 11.8. The third-order valence-electron chi connectivity index (χ3n) is 2.68. The Morgan fingerprint density at radius 3 is 2.44 bits per heavy atom. The summed E-state index contributed by atoms with van der Waals surface area (Å²) in [7, 11) is 0. The summed E-state index contributed by atoms with van der Waals surface area (Å²) in [6.07, 6.45) is 3.89. The van der Waals surface area contributed by atoms with Crippen LogP contribution in [0.15, 0.2) is 48.8 Å². The van der Waals surface area contributed by atoms with Crippen molar-refractivity contribution in [2.24, 2.45) is 0 Å². The van der Waals surface area contributed by atoms with Gasteiger partial charge in [-0.3, -0.25) is 4.79 Å². The van der Waals surface area contributed by atoms with Gasteiger partial charge in [-0.25, -0.2) is 0 Å². The molecular formula is C14H16N2O2. The molecule has 0 spiro atoms. The predicted octanol–water partition coefficient (Wildman–Crippen LogP) is 1.59. The van der Waals surface area contributed by atoms with Gasteiger partial charge in [0.1, 0.15) is 0 Å². The maximum atomic E-state index is 11.8. The summed E-state index contributed by atoms with van der Waals surface area (Å²) in [6, 6.07) is 11.0. The molecule has 4 nitrogen and oxygen atoms in total. The molecule has 18 heavy (non-hydrogen) atoms. The zero-order chi connectivity index (χ0) is 13.0. The minimum Gasteiger partial charge on any atom is -0.394 e. The first-order valence-corrected chi connectivity index (χ1v) is 5.86. The van der Waals surface area contributed by atoms with Crippen molar-refractivity contribution in [2.45, 2.75) is 13.0 Å². The summed E-state index contributed by atoms with van der Waals surface area (Å²) in [5, 5.41) is 11.6. The standard InChI is InChI=1S/C14H16N2O2/c1-11(10-17)15-14(18)12-4-6-13(7-5-12)16-8-2-3-9-16/h2-9,11,17H,10H2,1H3,(H,15,18)/t11-/m1/s1. The van der Waals surface area contributed by atoms with E-state index in [9.17, 15) is 4.79 Å². The molecule has 0 radical (unpaired) electrons. The first-order valence-electron chi connectivity index (χ1n) is 5.86. The van der Waals surface area contributed by atoms with Crippen molar-refractivity contribution in [3.63, 3.8) is 0 Å². The van der Waals surface area contributed by atoms with E-state index in [4.69, 9.17) is 5.11 Å². The second-order valence-electron chi connectivity index (χ2n) is 4.19. The van der Waals surface area contributed by atoms with Crippen molar-refractivity contribution in [2.75, 3.05) is 6.61 Å². The van der Waals surface area contributed by atoms with Crippen LogP contribution in [0.2, 0.25) is 0 Å². The van der Waals surface area contributed by atoms with Gasteiger partial charge < -0.3 is 15.0 Å². The molecule has 0 unspecified atom stereocenters. The van der Waals surface area contributed by atoms with Crippen molar-refractivity contribution in [3.8, 4) is 5.69 Å². The molecule has 1 atom stereocenters. The Labute approximate surface area is 106 Å². The number of aliphatic hydroxyl groups excluding tert-OH is 1. The van der Waals surface area contributed by atoms with Crippen molar-refractivity contribution in [3.05, 3.63) is 54.4 Å². The summed E-state index contributed by atoms with van der Waals surface area (Å²) in [5.41, 5.74) is 1.60.